The molecule has 0 aliphatic carbocycles. The highest BCUT2D eigenvalue weighted by Crippen LogP contribution is 2.29. The van der Waals surface area contributed by atoms with Crippen molar-refractivity contribution in [3.63, 3.8) is 0 Å². The van der Waals surface area contributed by atoms with Gasteiger partial charge in [0, 0.05) is 32.7 Å². The Kier molecular flexibility index (Phi) is 5.43. The smallest absolute Gasteiger partial charge is 0.134 e. The van der Waals surface area contributed by atoms with Gasteiger partial charge in [0.05, 0.1) is 4.47 Å². The molecule has 1 heterocycles. The highest BCUT2D eigenvalue weighted by Gasteiger charge is 2.13. The lowest BCUT2D eigenvalue weighted by Crippen LogP contribution is -2.42. The summed E-state index contributed by atoms with van der Waals surface area (Å²) in [5, 5.41) is 3.37. The van der Waals surface area contributed by atoms with E-state index in [9.17, 15) is 0 Å². The van der Waals surface area contributed by atoms with Gasteiger partial charge in [-0.05, 0) is 40.1 Å². The minimum atomic E-state index is 0.565. The minimum Gasteiger partial charge on any atom is -0.488 e. The molecule has 1 aromatic carbocycles. The van der Waals surface area contributed by atoms with Crippen LogP contribution >= 0.6 is 15.9 Å². The molecule has 0 spiro atoms. The zero-order valence-electron chi connectivity index (χ0n) is 11.4. The fourth-order valence-electron chi connectivity index (χ4n) is 2.10. The number of nitrogens with one attached hydrogen (secondary N) is 1. The number of benzene rings is 1. The Hall–Kier alpha value is -0.840. The molecule has 0 aromatic heterocycles. The van der Waals surface area contributed by atoms with Crippen LogP contribution in [0.4, 0.5) is 0 Å². The van der Waals surface area contributed by atoms with Crippen molar-refractivity contribution in [2.24, 2.45) is 0 Å². The number of piperazine rings is 1. The summed E-state index contributed by atoms with van der Waals surface area (Å²) in [5.41, 5.74) is 2.31. The van der Waals surface area contributed by atoms with E-state index in [1.54, 1.807) is 0 Å². The molecule has 1 aromatic rings. The average molecular weight is 325 g/mol. The van der Waals surface area contributed by atoms with E-state index in [1.807, 2.05) is 13.0 Å². The molecule has 1 saturated heterocycles. The lowest BCUT2D eigenvalue weighted by atomic mass is 10.2. The summed E-state index contributed by atoms with van der Waals surface area (Å²) in [5.74, 6) is 0.899. The molecule has 1 aliphatic heterocycles. The van der Waals surface area contributed by atoms with Gasteiger partial charge in [0.1, 0.15) is 12.4 Å². The van der Waals surface area contributed by atoms with E-state index in [2.05, 4.69) is 44.9 Å². The minimum absolute atomic E-state index is 0.565. The lowest BCUT2D eigenvalue weighted by molar-refractivity contribution is 0.232. The Morgan fingerprint density at radius 2 is 2.16 bits per heavy atom. The molecule has 1 fully saturated rings. The van der Waals surface area contributed by atoms with Crippen molar-refractivity contribution in [1.82, 2.24) is 10.2 Å². The fourth-order valence-corrected chi connectivity index (χ4v) is 2.61. The zero-order valence-corrected chi connectivity index (χ0v) is 13.0. The van der Waals surface area contributed by atoms with E-state index in [4.69, 9.17) is 4.74 Å². The Labute approximate surface area is 123 Å². The summed E-state index contributed by atoms with van der Waals surface area (Å²) in [6.45, 7) is 11.7. The van der Waals surface area contributed by atoms with Gasteiger partial charge in [-0.2, -0.15) is 0 Å². The third kappa shape index (κ3) is 4.34. The van der Waals surface area contributed by atoms with Crippen LogP contribution < -0.4 is 10.1 Å². The number of rotatable bonds is 5. The maximum absolute atomic E-state index is 5.75. The standard InChI is InChI=1S/C15H21BrN2O/c1-12(2)11-19-14-5-3-4-13(15(14)16)10-18-8-6-17-7-9-18/h3-5,17H,1,6-11H2,2H3. The van der Waals surface area contributed by atoms with Crippen LogP contribution in [0, 0.1) is 0 Å². The highest BCUT2D eigenvalue weighted by molar-refractivity contribution is 9.10. The Morgan fingerprint density at radius 1 is 1.42 bits per heavy atom. The van der Waals surface area contributed by atoms with Crippen molar-refractivity contribution in [3.05, 3.63) is 40.4 Å². The van der Waals surface area contributed by atoms with E-state index in [0.29, 0.717) is 6.61 Å². The van der Waals surface area contributed by atoms with Crippen LogP contribution in [-0.4, -0.2) is 37.7 Å². The molecule has 1 N–H and O–H groups in total. The van der Waals surface area contributed by atoms with Crippen LogP contribution in [0.2, 0.25) is 0 Å². The zero-order chi connectivity index (χ0) is 13.7. The van der Waals surface area contributed by atoms with Gasteiger partial charge in [0.15, 0.2) is 0 Å². The van der Waals surface area contributed by atoms with Crippen LogP contribution in [0.15, 0.2) is 34.8 Å². The molecule has 0 amide bonds. The molecule has 0 atom stereocenters. The van der Waals surface area contributed by atoms with Crippen molar-refractivity contribution in [1.29, 1.82) is 0 Å². The number of halogens is 1. The molecule has 19 heavy (non-hydrogen) atoms. The first-order valence-electron chi connectivity index (χ1n) is 6.64. The van der Waals surface area contributed by atoms with E-state index >= 15 is 0 Å². The molecule has 4 heteroatoms. The van der Waals surface area contributed by atoms with Crippen LogP contribution in [0.3, 0.4) is 0 Å². The highest BCUT2D eigenvalue weighted by atomic mass is 79.9. The van der Waals surface area contributed by atoms with Crippen LogP contribution in [0.5, 0.6) is 5.75 Å². The van der Waals surface area contributed by atoms with Crippen molar-refractivity contribution < 1.29 is 4.74 Å². The molecule has 3 nitrogen and oxygen atoms in total. The van der Waals surface area contributed by atoms with Gasteiger partial charge < -0.3 is 10.1 Å². The second-order valence-electron chi connectivity index (χ2n) is 5.00. The summed E-state index contributed by atoms with van der Waals surface area (Å²) < 4.78 is 6.82. The molecular weight excluding hydrogens is 304 g/mol. The molecule has 1 aliphatic rings. The van der Waals surface area contributed by atoms with Gasteiger partial charge in [0.2, 0.25) is 0 Å². The molecular formula is C15H21BrN2O. The van der Waals surface area contributed by atoms with Gasteiger partial charge in [-0.25, -0.2) is 0 Å². The van der Waals surface area contributed by atoms with E-state index < -0.39 is 0 Å². The maximum atomic E-state index is 5.75. The third-order valence-electron chi connectivity index (χ3n) is 3.12. The van der Waals surface area contributed by atoms with Crippen LogP contribution in [0.25, 0.3) is 0 Å². The van der Waals surface area contributed by atoms with Crippen LogP contribution in [0.1, 0.15) is 12.5 Å². The normalized spacial score (nSPS) is 16.3. The second-order valence-corrected chi connectivity index (χ2v) is 5.79. The largest absolute Gasteiger partial charge is 0.488 e. The van der Waals surface area contributed by atoms with Gasteiger partial charge in [-0.15, -0.1) is 0 Å². The van der Waals surface area contributed by atoms with E-state index in [1.165, 1.54) is 5.56 Å². The van der Waals surface area contributed by atoms with Crippen molar-refractivity contribution >= 4 is 15.9 Å². The number of hydrogen-bond acceptors (Lipinski definition) is 3. The van der Waals surface area contributed by atoms with Gasteiger partial charge in [-0.3, -0.25) is 4.90 Å². The molecule has 0 saturated carbocycles. The number of hydrogen-bond donors (Lipinski definition) is 1. The Morgan fingerprint density at radius 3 is 2.84 bits per heavy atom. The first kappa shape index (κ1) is 14.6. The number of ether oxygens (including phenoxy) is 1. The lowest BCUT2D eigenvalue weighted by Gasteiger charge is -2.27. The quantitative estimate of drug-likeness (QED) is 0.843. The molecule has 0 bridgehead atoms. The fraction of sp³-hybridized carbons (Fsp3) is 0.467. The monoisotopic (exact) mass is 324 g/mol. The Bertz CT molecular complexity index is 442. The second kappa shape index (κ2) is 7.08. The molecule has 0 radical (unpaired) electrons. The van der Waals surface area contributed by atoms with Crippen LogP contribution in [-0.2, 0) is 6.54 Å². The molecule has 104 valence electrons. The predicted molar refractivity (Wildman–Crippen MR) is 82.6 cm³/mol. The maximum Gasteiger partial charge on any atom is 0.134 e. The summed E-state index contributed by atoms with van der Waals surface area (Å²) in [6, 6.07) is 6.20. The average Bonchev–Trinajstić information content (AvgIpc) is 2.41. The summed E-state index contributed by atoms with van der Waals surface area (Å²) >= 11 is 3.66. The first-order valence-corrected chi connectivity index (χ1v) is 7.44. The first-order chi connectivity index (χ1) is 9.16. The van der Waals surface area contributed by atoms with Gasteiger partial charge >= 0.3 is 0 Å². The molecule has 0 unspecified atom stereocenters. The summed E-state index contributed by atoms with van der Waals surface area (Å²) in [7, 11) is 0. The number of nitrogens with zero attached hydrogens (tertiary/aromatic N) is 1. The SMILES string of the molecule is C=C(C)COc1cccc(CN2CCNCC2)c1Br. The Balaban J connectivity index is 2.03. The van der Waals surface area contributed by atoms with Crippen molar-refractivity contribution in [2.75, 3.05) is 32.8 Å². The molecule has 2 rings (SSSR count). The van der Waals surface area contributed by atoms with Gasteiger partial charge in [0.25, 0.3) is 0 Å². The van der Waals surface area contributed by atoms with E-state index in [0.717, 1.165) is 48.5 Å². The van der Waals surface area contributed by atoms with Gasteiger partial charge in [-0.1, -0.05) is 18.7 Å². The summed E-state index contributed by atoms with van der Waals surface area (Å²) in [6.07, 6.45) is 0. The topological polar surface area (TPSA) is 24.5 Å². The van der Waals surface area contributed by atoms with Crippen molar-refractivity contribution in [3.8, 4) is 5.75 Å². The summed E-state index contributed by atoms with van der Waals surface area (Å²) in [4.78, 5) is 2.46. The van der Waals surface area contributed by atoms with Crippen molar-refractivity contribution in [2.45, 2.75) is 13.5 Å². The predicted octanol–water partition coefficient (Wildman–Crippen LogP) is 2.81. The third-order valence-corrected chi connectivity index (χ3v) is 4.02. The van der Waals surface area contributed by atoms with E-state index in [-0.39, 0.29) is 0 Å².